The van der Waals surface area contributed by atoms with Crippen molar-refractivity contribution in [2.45, 2.75) is 6.42 Å². The standard InChI is InChI=1S/C13H10Br2FNOS/c14-10-3-1-2-9(12(10)16)13(18)17-7-6-8-4-5-11(15)19-8/h1-5H,6-7H2,(H,17,18). The van der Waals surface area contributed by atoms with Gasteiger partial charge in [-0.05, 0) is 62.5 Å². The number of nitrogens with one attached hydrogen (secondary N) is 1. The van der Waals surface area contributed by atoms with Crippen LogP contribution in [0.15, 0.2) is 38.6 Å². The first kappa shape index (κ1) is 14.7. The van der Waals surface area contributed by atoms with Crippen LogP contribution in [0, 0.1) is 5.82 Å². The van der Waals surface area contributed by atoms with Gasteiger partial charge in [0.2, 0.25) is 0 Å². The number of thiophene rings is 1. The second-order valence-corrected chi connectivity index (χ2v) is 7.22. The number of carbonyl (C=O) groups excluding carboxylic acids is 1. The van der Waals surface area contributed by atoms with E-state index in [1.54, 1.807) is 23.5 Å². The van der Waals surface area contributed by atoms with Crippen molar-refractivity contribution in [1.29, 1.82) is 0 Å². The molecule has 1 heterocycles. The van der Waals surface area contributed by atoms with Crippen molar-refractivity contribution in [3.8, 4) is 0 Å². The van der Waals surface area contributed by atoms with Gasteiger partial charge in [-0.25, -0.2) is 4.39 Å². The molecule has 19 heavy (non-hydrogen) atoms. The molecule has 0 spiro atoms. The summed E-state index contributed by atoms with van der Waals surface area (Å²) in [5.41, 5.74) is 0.0572. The van der Waals surface area contributed by atoms with Crippen LogP contribution in [0.3, 0.4) is 0 Å². The normalized spacial score (nSPS) is 10.5. The first-order chi connectivity index (χ1) is 9.08. The Hall–Kier alpha value is -0.720. The molecule has 6 heteroatoms. The van der Waals surface area contributed by atoms with Crippen LogP contribution in [-0.4, -0.2) is 12.5 Å². The molecule has 0 aliphatic rings. The molecular formula is C13H10Br2FNOS. The topological polar surface area (TPSA) is 29.1 Å². The monoisotopic (exact) mass is 405 g/mol. The molecule has 0 aliphatic carbocycles. The highest BCUT2D eigenvalue weighted by Gasteiger charge is 2.13. The fraction of sp³-hybridized carbons (Fsp3) is 0.154. The van der Waals surface area contributed by atoms with Gasteiger partial charge in [-0.1, -0.05) is 6.07 Å². The smallest absolute Gasteiger partial charge is 0.254 e. The van der Waals surface area contributed by atoms with Crippen LogP contribution in [0.4, 0.5) is 4.39 Å². The van der Waals surface area contributed by atoms with E-state index in [4.69, 9.17) is 0 Å². The van der Waals surface area contributed by atoms with E-state index in [1.807, 2.05) is 12.1 Å². The number of hydrogen-bond acceptors (Lipinski definition) is 2. The largest absolute Gasteiger partial charge is 0.352 e. The van der Waals surface area contributed by atoms with Crippen LogP contribution < -0.4 is 5.32 Å². The van der Waals surface area contributed by atoms with E-state index in [-0.39, 0.29) is 5.56 Å². The average molecular weight is 407 g/mol. The van der Waals surface area contributed by atoms with E-state index in [0.717, 1.165) is 10.2 Å². The van der Waals surface area contributed by atoms with Crippen molar-refractivity contribution in [1.82, 2.24) is 5.32 Å². The van der Waals surface area contributed by atoms with Crippen LogP contribution in [0.25, 0.3) is 0 Å². The minimum Gasteiger partial charge on any atom is -0.352 e. The molecule has 1 amide bonds. The van der Waals surface area contributed by atoms with Crippen molar-refractivity contribution < 1.29 is 9.18 Å². The number of benzene rings is 1. The molecule has 0 unspecified atom stereocenters. The maximum absolute atomic E-state index is 13.7. The zero-order valence-corrected chi connectivity index (χ0v) is 13.7. The van der Waals surface area contributed by atoms with Crippen LogP contribution in [0.1, 0.15) is 15.2 Å². The Bertz CT molecular complexity index is 600. The summed E-state index contributed by atoms with van der Waals surface area (Å²) in [5.74, 6) is -0.923. The average Bonchev–Trinajstić information content (AvgIpc) is 2.78. The fourth-order valence-electron chi connectivity index (χ4n) is 1.56. The highest BCUT2D eigenvalue weighted by atomic mass is 79.9. The van der Waals surface area contributed by atoms with Crippen molar-refractivity contribution >= 4 is 49.1 Å². The van der Waals surface area contributed by atoms with E-state index in [1.165, 1.54) is 10.9 Å². The fourth-order valence-corrected chi connectivity index (χ4v) is 3.41. The molecule has 2 rings (SSSR count). The first-order valence-corrected chi connectivity index (χ1v) is 7.94. The maximum Gasteiger partial charge on any atom is 0.254 e. The van der Waals surface area contributed by atoms with Gasteiger partial charge in [0.1, 0.15) is 5.82 Å². The number of hydrogen-bond donors (Lipinski definition) is 1. The van der Waals surface area contributed by atoms with Crippen LogP contribution in [0.5, 0.6) is 0 Å². The third-order valence-corrected chi connectivity index (χ3v) is 4.78. The first-order valence-electron chi connectivity index (χ1n) is 5.54. The summed E-state index contributed by atoms with van der Waals surface area (Å²) >= 11 is 8.07. The Morgan fingerprint density at radius 3 is 2.74 bits per heavy atom. The minimum absolute atomic E-state index is 0.0572. The van der Waals surface area contributed by atoms with Gasteiger partial charge in [0.15, 0.2) is 0 Å². The Balaban J connectivity index is 1.93. The predicted octanol–water partition coefficient (Wildman–Crippen LogP) is 4.38. The van der Waals surface area contributed by atoms with Crippen LogP contribution in [-0.2, 0) is 6.42 Å². The third kappa shape index (κ3) is 3.87. The van der Waals surface area contributed by atoms with Gasteiger partial charge in [-0.2, -0.15) is 0 Å². The lowest BCUT2D eigenvalue weighted by Gasteiger charge is -2.06. The Labute approximate surface area is 131 Å². The molecular weight excluding hydrogens is 397 g/mol. The molecule has 1 aromatic carbocycles. The number of halogens is 3. The second kappa shape index (κ2) is 6.63. The third-order valence-electron chi connectivity index (χ3n) is 2.48. The van der Waals surface area contributed by atoms with E-state index in [0.29, 0.717) is 11.0 Å². The van der Waals surface area contributed by atoms with Gasteiger partial charge < -0.3 is 5.32 Å². The maximum atomic E-state index is 13.7. The molecule has 100 valence electrons. The van der Waals surface area contributed by atoms with Gasteiger partial charge in [-0.3, -0.25) is 4.79 Å². The lowest BCUT2D eigenvalue weighted by molar-refractivity contribution is 0.0950. The van der Waals surface area contributed by atoms with Gasteiger partial charge >= 0.3 is 0 Å². The van der Waals surface area contributed by atoms with Crippen LogP contribution in [0.2, 0.25) is 0 Å². The van der Waals surface area contributed by atoms with E-state index < -0.39 is 11.7 Å². The Morgan fingerprint density at radius 1 is 1.26 bits per heavy atom. The molecule has 0 aliphatic heterocycles. The van der Waals surface area contributed by atoms with E-state index >= 15 is 0 Å². The Kier molecular flexibility index (Phi) is 5.13. The molecule has 0 saturated heterocycles. The molecule has 1 N–H and O–H groups in total. The number of rotatable bonds is 4. The summed E-state index contributed by atoms with van der Waals surface area (Å²) in [5, 5.41) is 2.72. The highest BCUT2D eigenvalue weighted by molar-refractivity contribution is 9.11. The number of amides is 1. The summed E-state index contributed by atoms with van der Waals surface area (Å²) in [6.07, 6.45) is 0.734. The summed E-state index contributed by atoms with van der Waals surface area (Å²) in [6, 6.07) is 8.64. The molecule has 0 atom stereocenters. The minimum atomic E-state index is -0.529. The van der Waals surface area contributed by atoms with Gasteiger partial charge in [0.05, 0.1) is 13.8 Å². The SMILES string of the molecule is O=C(NCCc1ccc(Br)s1)c1cccc(Br)c1F. The lowest BCUT2D eigenvalue weighted by Crippen LogP contribution is -2.26. The molecule has 2 nitrogen and oxygen atoms in total. The zero-order valence-electron chi connectivity index (χ0n) is 9.75. The van der Waals surface area contributed by atoms with Gasteiger partial charge in [0.25, 0.3) is 5.91 Å². The summed E-state index contributed by atoms with van der Waals surface area (Å²) in [7, 11) is 0. The van der Waals surface area contributed by atoms with E-state index in [2.05, 4.69) is 37.2 Å². The Morgan fingerprint density at radius 2 is 2.05 bits per heavy atom. The quantitative estimate of drug-likeness (QED) is 0.801. The zero-order chi connectivity index (χ0) is 13.8. The number of carbonyl (C=O) groups is 1. The molecule has 1 aromatic heterocycles. The molecule has 0 fully saturated rings. The van der Waals surface area contributed by atoms with Crippen molar-refractivity contribution in [3.05, 3.63) is 54.8 Å². The van der Waals surface area contributed by atoms with E-state index in [9.17, 15) is 9.18 Å². The molecule has 0 bridgehead atoms. The summed E-state index contributed by atoms with van der Waals surface area (Å²) in [6.45, 7) is 0.484. The summed E-state index contributed by atoms with van der Waals surface area (Å²) in [4.78, 5) is 13.0. The van der Waals surface area contributed by atoms with Crippen molar-refractivity contribution in [3.63, 3.8) is 0 Å². The van der Waals surface area contributed by atoms with Gasteiger partial charge in [-0.15, -0.1) is 11.3 Å². The summed E-state index contributed by atoms with van der Waals surface area (Å²) < 4.78 is 15.0. The lowest BCUT2D eigenvalue weighted by atomic mass is 10.2. The molecule has 0 saturated carbocycles. The van der Waals surface area contributed by atoms with Crippen molar-refractivity contribution in [2.75, 3.05) is 6.54 Å². The highest BCUT2D eigenvalue weighted by Crippen LogP contribution is 2.22. The molecule has 2 aromatic rings. The van der Waals surface area contributed by atoms with Crippen LogP contribution >= 0.6 is 43.2 Å². The van der Waals surface area contributed by atoms with Gasteiger partial charge in [0, 0.05) is 11.4 Å². The van der Waals surface area contributed by atoms with Crippen molar-refractivity contribution in [2.24, 2.45) is 0 Å². The second-order valence-electron chi connectivity index (χ2n) is 3.81. The predicted molar refractivity (Wildman–Crippen MR) is 82.2 cm³/mol. The molecule has 0 radical (unpaired) electrons.